The van der Waals surface area contributed by atoms with Gasteiger partial charge in [-0.3, -0.25) is 0 Å². The van der Waals surface area contributed by atoms with Crippen molar-refractivity contribution < 1.29 is 14.3 Å². The van der Waals surface area contributed by atoms with Crippen molar-refractivity contribution in [2.75, 3.05) is 6.61 Å². The summed E-state index contributed by atoms with van der Waals surface area (Å²) in [7, 11) is 0. The lowest BCUT2D eigenvalue weighted by Crippen LogP contribution is -2.40. The van der Waals surface area contributed by atoms with Gasteiger partial charge in [-0.1, -0.05) is 72.2 Å². The fourth-order valence-corrected chi connectivity index (χ4v) is 3.90. The molecule has 2 aliphatic rings. The van der Waals surface area contributed by atoms with Crippen LogP contribution in [0.15, 0.2) is 65.8 Å². The molecule has 2 aromatic rings. The number of nitrogens with zero attached hydrogens (tertiary/aromatic N) is 1. The molecule has 142 valence electrons. The van der Waals surface area contributed by atoms with Gasteiger partial charge in [0.05, 0.1) is 25.5 Å². The molecule has 4 nitrogen and oxygen atoms in total. The van der Waals surface area contributed by atoms with E-state index in [-0.39, 0.29) is 12.2 Å². The molecule has 0 unspecified atom stereocenters. The molecule has 0 bridgehead atoms. The van der Waals surface area contributed by atoms with Crippen LogP contribution in [-0.2, 0) is 27.5 Å². The van der Waals surface area contributed by atoms with Crippen LogP contribution in [0.3, 0.4) is 0 Å². The van der Waals surface area contributed by atoms with Crippen molar-refractivity contribution in [3.8, 4) is 0 Å². The number of ether oxygens (including phenoxy) is 2. The molecule has 0 N–H and O–H groups in total. The van der Waals surface area contributed by atoms with E-state index < -0.39 is 0 Å². The summed E-state index contributed by atoms with van der Waals surface area (Å²) in [5.41, 5.74) is 3.54. The van der Waals surface area contributed by atoms with Gasteiger partial charge in [-0.05, 0) is 30.4 Å². The first-order chi connectivity index (χ1) is 13.4. The smallest absolute Gasteiger partial charge is 0.163 e. The summed E-state index contributed by atoms with van der Waals surface area (Å²) in [5.74, 6) is 0.375. The number of fused-ring (bicyclic) bond motifs is 1. The Bertz CT molecular complexity index is 732. The van der Waals surface area contributed by atoms with Gasteiger partial charge in [0.1, 0.15) is 6.10 Å². The van der Waals surface area contributed by atoms with Crippen molar-refractivity contribution in [2.45, 2.75) is 51.1 Å². The highest BCUT2D eigenvalue weighted by atomic mass is 16.7. The molecule has 1 saturated carbocycles. The second-order valence-electron chi connectivity index (χ2n) is 7.34. The molecule has 0 saturated heterocycles. The fraction of sp³-hybridized carbons (Fsp3) is 0.435. The number of oxime groups is 1. The van der Waals surface area contributed by atoms with E-state index in [1.807, 2.05) is 36.4 Å². The van der Waals surface area contributed by atoms with E-state index in [1.54, 1.807) is 0 Å². The van der Waals surface area contributed by atoms with Gasteiger partial charge < -0.3 is 14.3 Å². The molecule has 0 radical (unpaired) electrons. The standard InChI is InChI=1S/C23H27NO3/c1-3-9-18(10-4-1)15-25-17-22(26-16-19-11-5-2-6-12-19)23-20-13-7-8-14-21(20)24-27-23/h1-6,9-12,20,22-23H,7-8,13-17H2/t20-,22-,23-/m1/s1. The fourth-order valence-electron chi connectivity index (χ4n) is 3.90. The van der Waals surface area contributed by atoms with E-state index in [1.165, 1.54) is 24.1 Å². The highest BCUT2D eigenvalue weighted by molar-refractivity contribution is 5.88. The van der Waals surface area contributed by atoms with Gasteiger partial charge in [-0.25, -0.2) is 0 Å². The lowest BCUT2D eigenvalue weighted by atomic mass is 9.82. The van der Waals surface area contributed by atoms with Crippen molar-refractivity contribution in [1.29, 1.82) is 0 Å². The second kappa shape index (κ2) is 9.16. The number of hydrogen-bond acceptors (Lipinski definition) is 4. The molecule has 0 amide bonds. The summed E-state index contributed by atoms with van der Waals surface area (Å²) < 4.78 is 12.3. The first kappa shape index (κ1) is 18.2. The normalized spacial score (nSPS) is 22.6. The van der Waals surface area contributed by atoms with Crippen molar-refractivity contribution in [1.82, 2.24) is 0 Å². The Morgan fingerprint density at radius 3 is 2.37 bits per heavy atom. The number of hydrogen-bond donors (Lipinski definition) is 0. The minimum Gasteiger partial charge on any atom is -0.389 e. The minimum absolute atomic E-state index is 0.0419. The van der Waals surface area contributed by atoms with Crippen molar-refractivity contribution in [3.63, 3.8) is 0 Å². The Balaban J connectivity index is 1.38. The van der Waals surface area contributed by atoms with Gasteiger partial charge in [-0.2, -0.15) is 0 Å². The topological polar surface area (TPSA) is 40.0 Å². The Hall–Kier alpha value is -2.17. The van der Waals surface area contributed by atoms with E-state index in [2.05, 4.69) is 29.4 Å². The van der Waals surface area contributed by atoms with E-state index >= 15 is 0 Å². The van der Waals surface area contributed by atoms with Crippen molar-refractivity contribution in [2.24, 2.45) is 11.1 Å². The van der Waals surface area contributed by atoms with Crippen LogP contribution in [0.2, 0.25) is 0 Å². The first-order valence-corrected chi connectivity index (χ1v) is 9.90. The highest BCUT2D eigenvalue weighted by Gasteiger charge is 2.41. The summed E-state index contributed by atoms with van der Waals surface area (Å²) in [6.07, 6.45) is 4.47. The zero-order valence-corrected chi connectivity index (χ0v) is 15.6. The van der Waals surface area contributed by atoms with E-state index in [4.69, 9.17) is 14.3 Å². The monoisotopic (exact) mass is 365 g/mol. The molecular weight excluding hydrogens is 338 g/mol. The molecule has 4 heteroatoms. The van der Waals surface area contributed by atoms with E-state index in [9.17, 15) is 0 Å². The SMILES string of the molecule is c1ccc(COC[C@@H](OCc2ccccc2)[C@@H]2ON=C3CCCC[C@H]32)cc1. The third-order valence-electron chi connectivity index (χ3n) is 5.38. The van der Waals surface area contributed by atoms with Crippen LogP contribution in [0.25, 0.3) is 0 Å². The lowest BCUT2D eigenvalue weighted by Gasteiger charge is -2.29. The number of rotatable bonds is 8. The van der Waals surface area contributed by atoms with Gasteiger partial charge in [-0.15, -0.1) is 0 Å². The molecule has 0 aromatic heterocycles. The predicted octanol–water partition coefficient (Wildman–Crippen LogP) is 4.73. The molecule has 3 atom stereocenters. The van der Waals surface area contributed by atoms with E-state index in [0.717, 1.165) is 18.4 Å². The quantitative estimate of drug-likeness (QED) is 0.679. The third kappa shape index (κ3) is 4.76. The molecule has 1 fully saturated rings. The average molecular weight is 365 g/mol. The van der Waals surface area contributed by atoms with Gasteiger partial charge >= 0.3 is 0 Å². The van der Waals surface area contributed by atoms with Crippen LogP contribution < -0.4 is 0 Å². The summed E-state index contributed by atoms with van der Waals surface area (Å²) in [4.78, 5) is 5.84. The first-order valence-electron chi connectivity index (χ1n) is 9.90. The molecule has 2 aromatic carbocycles. The Labute approximate surface area is 161 Å². The Morgan fingerprint density at radius 2 is 1.63 bits per heavy atom. The van der Waals surface area contributed by atoms with Crippen LogP contribution in [0.1, 0.15) is 36.8 Å². The van der Waals surface area contributed by atoms with Gasteiger partial charge in [0.2, 0.25) is 0 Å². The number of benzene rings is 2. The van der Waals surface area contributed by atoms with Crippen LogP contribution in [-0.4, -0.2) is 24.5 Å². The van der Waals surface area contributed by atoms with Crippen molar-refractivity contribution in [3.05, 3.63) is 71.8 Å². The lowest BCUT2D eigenvalue weighted by molar-refractivity contribution is -0.114. The molecule has 1 aliphatic carbocycles. The summed E-state index contributed by atoms with van der Waals surface area (Å²) in [6.45, 7) is 1.64. The third-order valence-corrected chi connectivity index (χ3v) is 5.38. The molecule has 27 heavy (non-hydrogen) atoms. The Kier molecular flexibility index (Phi) is 6.17. The molecule has 1 aliphatic heterocycles. The summed E-state index contributed by atoms with van der Waals surface area (Å²) in [5, 5.41) is 4.36. The predicted molar refractivity (Wildman–Crippen MR) is 105 cm³/mol. The average Bonchev–Trinajstić information content (AvgIpc) is 3.16. The molecule has 1 heterocycles. The minimum atomic E-state index is -0.127. The van der Waals surface area contributed by atoms with Gasteiger partial charge in [0, 0.05) is 5.92 Å². The van der Waals surface area contributed by atoms with Crippen LogP contribution in [0, 0.1) is 5.92 Å². The highest BCUT2D eigenvalue weighted by Crippen LogP contribution is 2.34. The van der Waals surface area contributed by atoms with Gasteiger partial charge in [0.25, 0.3) is 0 Å². The van der Waals surface area contributed by atoms with Crippen LogP contribution >= 0.6 is 0 Å². The van der Waals surface area contributed by atoms with Gasteiger partial charge in [0.15, 0.2) is 6.10 Å². The van der Waals surface area contributed by atoms with E-state index in [0.29, 0.717) is 25.7 Å². The molecular formula is C23H27NO3. The van der Waals surface area contributed by atoms with Crippen LogP contribution in [0.4, 0.5) is 0 Å². The zero-order valence-electron chi connectivity index (χ0n) is 15.6. The Morgan fingerprint density at radius 1 is 0.926 bits per heavy atom. The largest absolute Gasteiger partial charge is 0.389 e. The van der Waals surface area contributed by atoms with Crippen LogP contribution in [0.5, 0.6) is 0 Å². The summed E-state index contributed by atoms with van der Waals surface area (Å²) in [6, 6.07) is 20.5. The molecule has 4 rings (SSSR count). The maximum Gasteiger partial charge on any atom is 0.163 e. The van der Waals surface area contributed by atoms with Crippen molar-refractivity contribution >= 4 is 5.71 Å². The maximum absolute atomic E-state index is 6.28. The molecule has 0 spiro atoms. The summed E-state index contributed by atoms with van der Waals surface area (Å²) >= 11 is 0. The second-order valence-corrected chi connectivity index (χ2v) is 7.34. The zero-order chi connectivity index (χ0) is 18.3. The maximum atomic E-state index is 6.28.